The molecule has 4 atom stereocenters. The zero-order valence-electron chi connectivity index (χ0n) is 46.1. The summed E-state index contributed by atoms with van der Waals surface area (Å²) in [4.78, 5) is 36.9. The van der Waals surface area contributed by atoms with Crippen molar-refractivity contribution in [1.29, 1.82) is 0 Å². The van der Waals surface area contributed by atoms with Gasteiger partial charge in [0.1, 0.15) is 36.9 Å². The number of aromatic nitrogens is 2. The summed E-state index contributed by atoms with van der Waals surface area (Å²) in [6, 6.07) is 61.1. The van der Waals surface area contributed by atoms with E-state index in [1.807, 2.05) is 89.8 Å². The summed E-state index contributed by atoms with van der Waals surface area (Å²) in [6.07, 6.45) is 7.27. The second kappa shape index (κ2) is 32.4. The van der Waals surface area contributed by atoms with Gasteiger partial charge in [-0.15, -0.1) is 0 Å². The Morgan fingerprint density at radius 3 is 1.40 bits per heavy atom. The third kappa shape index (κ3) is 18.3. The number of hydrogen-bond donors (Lipinski definition) is 4. The number of fused-ring (bicyclic) bond motifs is 2. The zero-order chi connectivity index (χ0) is 55.0. The normalized spacial score (nSPS) is 16.3. The predicted octanol–water partition coefficient (Wildman–Crippen LogP) is 5.63. The van der Waals surface area contributed by atoms with Crippen LogP contribution in [0.1, 0.15) is 72.6 Å². The summed E-state index contributed by atoms with van der Waals surface area (Å²) >= 11 is 0. The van der Waals surface area contributed by atoms with Crippen LogP contribution in [0.3, 0.4) is 0 Å². The fourth-order valence-electron chi connectivity index (χ4n) is 10.8. The number of carboxylic acid groups (broad SMARTS) is 1. The Labute approximate surface area is 483 Å². The van der Waals surface area contributed by atoms with Crippen LogP contribution in [0.15, 0.2) is 194 Å². The van der Waals surface area contributed by atoms with Crippen molar-refractivity contribution in [3.05, 3.63) is 217 Å². The van der Waals surface area contributed by atoms with E-state index in [0.717, 1.165) is 72.7 Å². The van der Waals surface area contributed by atoms with Crippen LogP contribution in [0.4, 0.5) is 0 Å². The third-order valence-corrected chi connectivity index (χ3v) is 14.7. The minimum Gasteiger partial charge on any atom is -0.550 e. The smallest absolute Gasteiger partial charge is 0.550 e. The average molecular weight is 1070 g/mol. The monoisotopic (exact) mass is 1070 g/mol. The first kappa shape index (κ1) is 60.7. The van der Waals surface area contributed by atoms with E-state index in [4.69, 9.17) is 15.2 Å². The van der Waals surface area contributed by atoms with E-state index in [1.54, 1.807) is 12.4 Å². The Morgan fingerprint density at radius 2 is 0.975 bits per heavy atom. The number of carboxylic acids is 1. The van der Waals surface area contributed by atoms with Gasteiger partial charge in [0.05, 0.1) is 17.0 Å². The molecule has 0 saturated carbocycles. The number of amides is 1. The second-order valence-corrected chi connectivity index (χ2v) is 20.5. The number of carbonyl (C=O) groups excluding carboxylic acids is 2. The van der Waals surface area contributed by atoms with Gasteiger partial charge in [0.2, 0.25) is 5.91 Å². The molecule has 2 aliphatic rings. The molecule has 1 amide bonds. The number of nitrogens with zero attached hydrogens (tertiary/aromatic N) is 4. The summed E-state index contributed by atoms with van der Waals surface area (Å²) in [5.41, 5.74) is 12.6. The quantitative estimate of drug-likeness (QED) is 0.0652. The molecule has 80 heavy (non-hydrogen) atoms. The van der Waals surface area contributed by atoms with Gasteiger partial charge in [-0.05, 0) is 129 Å². The molecule has 0 aliphatic carbocycles. The summed E-state index contributed by atoms with van der Waals surface area (Å²) in [5, 5.41) is 36.9. The topological polar surface area (TPSA) is 186 Å². The maximum absolute atomic E-state index is 13.1. The number of benzene rings is 6. The number of nitrogens with one attached hydrogen (secondary N) is 1. The van der Waals surface area contributed by atoms with Crippen molar-refractivity contribution in [1.82, 2.24) is 25.1 Å². The number of aliphatic carboxylic acids is 1. The molecule has 8 aromatic rings. The molecule has 2 saturated heterocycles. The number of aliphatic hydroxyl groups excluding tert-OH is 2. The molecule has 2 aliphatic heterocycles. The van der Waals surface area contributed by atoms with Crippen molar-refractivity contribution in [3.8, 4) is 11.5 Å². The molecule has 10 rings (SSSR count). The van der Waals surface area contributed by atoms with Gasteiger partial charge in [0.25, 0.3) is 0 Å². The number of nitrogens with two attached hydrogens (primary N) is 1. The fraction of sp³-hybridized carbons (Fsp3) is 0.333. The molecule has 4 heterocycles. The maximum atomic E-state index is 13.1. The van der Waals surface area contributed by atoms with Crippen LogP contribution in [-0.2, 0) is 9.59 Å². The van der Waals surface area contributed by atoms with E-state index in [1.165, 1.54) is 22.3 Å². The SMILES string of the molecule is NCCC(c1ccccc1)c1ccccc1.O=C(NCCC(c1ccccc1)c1ccccc1)C1CCCN(C[C@@H](O)COc2cccc3ncccc23)C1.O=C([O-])C1CCCN(C[C@@H](O)COc2cccc3ncccc23)C1.[Li+]. The third-order valence-electron chi connectivity index (χ3n) is 14.7. The van der Waals surface area contributed by atoms with E-state index in [0.29, 0.717) is 57.4 Å². The fourth-order valence-corrected chi connectivity index (χ4v) is 10.8. The summed E-state index contributed by atoms with van der Waals surface area (Å²) in [5.74, 6) is 0.655. The largest absolute Gasteiger partial charge is 1.00 e. The van der Waals surface area contributed by atoms with Crippen LogP contribution in [0.2, 0.25) is 0 Å². The first-order valence-corrected chi connectivity index (χ1v) is 27.8. The molecule has 2 aromatic heterocycles. The van der Waals surface area contributed by atoms with Crippen LogP contribution in [-0.4, -0.2) is 120 Å². The number of rotatable bonds is 21. The number of likely N-dealkylation sites (tertiary alicyclic amines) is 2. The van der Waals surface area contributed by atoms with E-state index < -0.39 is 24.1 Å². The van der Waals surface area contributed by atoms with Crippen molar-refractivity contribution in [2.45, 2.75) is 62.6 Å². The number of β-amino-alcohol motifs (C(OH)–C–C–N with tert-alkyl or cyclic N) is 2. The van der Waals surface area contributed by atoms with Crippen LogP contribution in [0.5, 0.6) is 11.5 Å². The molecule has 2 fully saturated rings. The first-order valence-electron chi connectivity index (χ1n) is 27.8. The Morgan fingerprint density at radius 1 is 0.562 bits per heavy atom. The van der Waals surface area contributed by atoms with Gasteiger partial charge in [-0.25, -0.2) is 0 Å². The van der Waals surface area contributed by atoms with E-state index >= 15 is 0 Å². The number of carbonyl (C=O) groups is 2. The number of piperidine rings is 2. The van der Waals surface area contributed by atoms with Crippen LogP contribution in [0, 0.1) is 11.8 Å². The average Bonchev–Trinajstić information content (AvgIpc) is 3.49. The number of pyridine rings is 2. The van der Waals surface area contributed by atoms with Crippen LogP contribution >= 0.6 is 0 Å². The molecule has 14 heteroatoms. The standard InChI is InChI=1S/C33H37N3O3.C18H22N2O4.C15H17N.Li/c37-28(24-39-32-17-7-16-31-30(32)15-8-19-34-31)23-36-21-9-14-27(22-36)33(38)35-20-18-29(25-10-3-1-4-11-25)26-12-5-2-6-13-26;21-14(11-20-9-3-4-13(10-20)18(22)23)12-24-17-7-1-6-16-15(17)5-2-8-19-16;16-12-11-15(13-7-3-1-4-8-13)14-9-5-2-6-10-14;/h1-8,10-13,15-17,19,27-29,37H,9,14,18,20-24H2,(H,35,38);1-2,5-8,13-14,21H,3-4,9-12H2,(H,22,23);1-10,15H,11-12,16H2;/q;;;+1/p-1/t27?,28-;13?,14-;;/m11../s1. The Bertz CT molecular complexity index is 2980. The molecule has 13 nitrogen and oxygen atoms in total. The van der Waals surface area contributed by atoms with Gasteiger partial charge in [0.15, 0.2) is 0 Å². The zero-order valence-corrected chi connectivity index (χ0v) is 46.1. The molecular formula is C66H75LiN6O7. The number of aliphatic hydroxyl groups is 2. The van der Waals surface area contributed by atoms with Gasteiger partial charge in [0, 0.05) is 79.6 Å². The van der Waals surface area contributed by atoms with Crippen molar-refractivity contribution in [2.75, 3.05) is 65.6 Å². The Balaban J connectivity index is 0.000000191. The van der Waals surface area contributed by atoms with E-state index in [9.17, 15) is 24.9 Å². The molecule has 0 bridgehead atoms. The minimum absolute atomic E-state index is 0. The van der Waals surface area contributed by atoms with Gasteiger partial charge in [-0.2, -0.15) is 0 Å². The van der Waals surface area contributed by atoms with Crippen molar-refractivity contribution in [3.63, 3.8) is 0 Å². The van der Waals surface area contributed by atoms with Gasteiger partial charge < -0.3 is 40.6 Å². The molecule has 5 N–H and O–H groups in total. The molecule has 2 unspecified atom stereocenters. The van der Waals surface area contributed by atoms with Gasteiger partial charge >= 0.3 is 18.9 Å². The minimum atomic E-state index is -1.01. The molecule has 6 aromatic carbocycles. The van der Waals surface area contributed by atoms with Gasteiger partial charge in [-0.1, -0.05) is 133 Å². The van der Waals surface area contributed by atoms with Crippen molar-refractivity contribution >= 4 is 33.7 Å². The molecule has 0 radical (unpaired) electrons. The Kier molecular flexibility index (Phi) is 24.6. The van der Waals surface area contributed by atoms with Crippen LogP contribution < -0.4 is 44.5 Å². The van der Waals surface area contributed by atoms with Crippen LogP contribution in [0.25, 0.3) is 21.8 Å². The summed E-state index contributed by atoms with van der Waals surface area (Å²) in [6.45, 7) is 5.32. The predicted molar refractivity (Wildman–Crippen MR) is 311 cm³/mol. The summed E-state index contributed by atoms with van der Waals surface area (Å²) in [7, 11) is 0. The maximum Gasteiger partial charge on any atom is 1.00 e. The molecule has 412 valence electrons. The van der Waals surface area contributed by atoms with Crippen molar-refractivity contribution < 1.29 is 53.2 Å². The number of ether oxygens (including phenoxy) is 2. The molecular weight excluding hydrogens is 996 g/mol. The first-order chi connectivity index (χ1) is 38.7. The van der Waals surface area contributed by atoms with Gasteiger partial charge in [-0.3, -0.25) is 24.6 Å². The Hall–Kier alpha value is -6.92. The second-order valence-electron chi connectivity index (χ2n) is 20.5. The van der Waals surface area contributed by atoms with E-state index in [2.05, 4.69) is 117 Å². The van der Waals surface area contributed by atoms with Crippen molar-refractivity contribution in [2.24, 2.45) is 17.6 Å². The van der Waals surface area contributed by atoms with E-state index in [-0.39, 0.29) is 49.8 Å². The summed E-state index contributed by atoms with van der Waals surface area (Å²) < 4.78 is 11.7. The molecule has 0 spiro atoms. The number of hydrogen-bond acceptors (Lipinski definition) is 12.